The number of aliphatic carboxylic acids is 5. The van der Waals surface area contributed by atoms with E-state index in [0.29, 0.717) is 91.0 Å². The quantitative estimate of drug-likeness (QED) is 0.0479. The molecule has 25 nitrogen and oxygen atoms in total. The van der Waals surface area contributed by atoms with Gasteiger partial charge in [0, 0.05) is 84.2 Å². The highest BCUT2D eigenvalue weighted by Gasteiger charge is 2.31. The molecule has 2 aromatic carbocycles. The maximum atomic E-state index is 13.8. The predicted octanol–water partition coefficient (Wildman–Crippen LogP) is -0.977. The fraction of sp³-hybridized carbons (Fsp3) is 0.592. The maximum Gasteiger partial charge on any atom is 0.326 e. The van der Waals surface area contributed by atoms with E-state index in [0.717, 1.165) is 16.3 Å². The van der Waals surface area contributed by atoms with Crippen LogP contribution in [0.15, 0.2) is 42.5 Å². The predicted molar refractivity (Wildman–Crippen MR) is 267 cm³/mol. The number of fused-ring (bicyclic) bond motifs is 1. The summed E-state index contributed by atoms with van der Waals surface area (Å²) in [4.78, 5) is 130. The Kier molecular flexibility index (Phi) is 24.9. The van der Waals surface area contributed by atoms with Crippen molar-refractivity contribution in [3.8, 4) is 0 Å². The summed E-state index contributed by atoms with van der Waals surface area (Å²) in [7, 11) is 0. The third-order valence-corrected chi connectivity index (χ3v) is 13.2. The molecule has 1 aliphatic carbocycles. The summed E-state index contributed by atoms with van der Waals surface area (Å²) in [5, 5.41) is 62.0. The van der Waals surface area contributed by atoms with Gasteiger partial charge in [0.1, 0.15) is 18.1 Å². The van der Waals surface area contributed by atoms with Gasteiger partial charge in [0.2, 0.25) is 23.6 Å². The van der Waals surface area contributed by atoms with E-state index < -0.39 is 84.6 Å². The third kappa shape index (κ3) is 22.4. The molecule has 1 saturated heterocycles. The molecular formula is C49H72N10O15. The summed E-state index contributed by atoms with van der Waals surface area (Å²) in [6, 6.07) is 8.47. The molecule has 0 radical (unpaired) electrons. The first-order valence-electron chi connectivity index (χ1n) is 24.9. The van der Waals surface area contributed by atoms with E-state index in [1.165, 1.54) is 0 Å². The maximum absolute atomic E-state index is 13.8. The van der Waals surface area contributed by atoms with Crippen molar-refractivity contribution < 1.29 is 73.5 Å². The van der Waals surface area contributed by atoms with Gasteiger partial charge in [-0.05, 0) is 73.6 Å². The molecule has 0 aromatic heterocycles. The highest BCUT2D eigenvalue weighted by Crippen LogP contribution is 2.29. The van der Waals surface area contributed by atoms with Crippen LogP contribution >= 0.6 is 0 Å². The molecule has 25 heteroatoms. The molecule has 0 spiro atoms. The van der Waals surface area contributed by atoms with Crippen LogP contribution in [0.4, 0.5) is 4.79 Å². The first-order valence-corrected chi connectivity index (χ1v) is 24.9. The van der Waals surface area contributed by atoms with E-state index in [1.807, 2.05) is 47.4 Å². The number of urea groups is 1. The Balaban J connectivity index is 1.30. The minimum Gasteiger partial charge on any atom is -0.481 e. The van der Waals surface area contributed by atoms with Crippen LogP contribution in [0.3, 0.4) is 0 Å². The summed E-state index contributed by atoms with van der Waals surface area (Å²) in [6.45, 7) is 2.43. The number of rotatable bonds is 27. The summed E-state index contributed by atoms with van der Waals surface area (Å²) < 4.78 is 0. The lowest BCUT2D eigenvalue weighted by atomic mass is 9.81. The van der Waals surface area contributed by atoms with Gasteiger partial charge < -0.3 is 57.9 Å². The lowest BCUT2D eigenvalue weighted by Crippen LogP contribution is -2.51. The summed E-state index contributed by atoms with van der Waals surface area (Å²) in [6.07, 6.45) is 1.96. The molecule has 1 saturated carbocycles. The van der Waals surface area contributed by atoms with E-state index in [2.05, 4.69) is 26.6 Å². The number of carbonyl (C=O) groups is 10. The lowest BCUT2D eigenvalue weighted by molar-refractivity contribution is -0.141. The number of benzene rings is 2. The number of carbonyl (C=O) groups excluding carboxylic acids is 5. The number of primary amides is 1. The van der Waals surface area contributed by atoms with Gasteiger partial charge >= 0.3 is 35.9 Å². The van der Waals surface area contributed by atoms with Crippen molar-refractivity contribution in [1.82, 2.24) is 46.2 Å². The zero-order valence-corrected chi connectivity index (χ0v) is 41.6. The van der Waals surface area contributed by atoms with Gasteiger partial charge in [0.05, 0.1) is 26.2 Å². The zero-order valence-electron chi connectivity index (χ0n) is 41.6. The Hall–Kier alpha value is -6.96. The summed E-state index contributed by atoms with van der Waals surface area (Å²) >= 11 is 0. The number of hydrogen-bond donors (Lipinski definition) is 11. The van der Waals surface area contributed by atoms with Crippen LogP contribution in [0.25, 0.3) is 10.8 Å². The van der Waals surface area contributed by atoms with Crippen LogP contribution < -0.4 is 32.3 Å². The molecule has 4 rings (SSSR count). The van der Waals surface area contributed by atoms with Crippen molar-refractivity contribution >= 4 is 70.3 Å². The van der Waals surface area contributed by atoms with Crippen LogP contribution in [0.2, 0.25) is 0 Å². The molecule has 408 valence electrons. The molecular weight excluding hydrogens is 969 g/mol. The van der Waals surface area contributed by atoms with Crippen LogP contribution in [0.1, 0.15) is 63.4 Å². The minimum absolute atomic E-state index is 0.0117. The second kappa shape index (κ2) is 30.9. The Morgan fingerprint density at radius 1 is 0.568 bits per heavy atom. The molecule has 1 heterocycles. The lowest BCUT2D eigenvalue weighted by Gasteiger charge is -2.33. The molecule has 2 aliphatic rings. The Morgan fingerprint density at radius 3 is 1.62 bits per heavy atom. The molecule has 6 amide bonds. The number of hydrogen-bond acceptors (Lipinski definition) is 14. The van der Waals surface area contributed by atoms with Crippen molar-refractivity contribution in [3.05, 3.63) is 48.0 Å². The SMILES string of the molecule is NC(=O)CN1CCN(CC(=O)O)CCN(CC(=O)NCC2CCC(C(=O)N[C@@H](Cc3ccc4ccccc4c3)C(=O)NCCCC[C@H](NC(=O)N[C@@H](CCC(=O)O)C(=O)O)C(=O)O)CC2)CCN(CC(=O)O)CC1. The van der Waals surface area contributed by atoms with Crippen LogP contribution in [0.5, 0.6) is 0 Å². The minimum atomic E-state index is -1.55. The van der Waals surface area contributed by atoms with Gasteiger partial charge in [0.15, 0.2) is 0 Å². The average Bonchev–Trinajstić information content (AvgIpc) is 3.34. The highest BCUT2D eigenvalue weighted by atomic mass is 16.4. The fourth-order valence-electron chi connectivity index (χ4n) is 9.01. The summed E-state index contributed by atoms with van der Waals surface area (Å²) in [5.41, 5.74) is 6.24. The van der Waals surface area contributed by atoms with Gasteiger partial charge in [-0.25, -0.2) is 14.4 Å². The van der Waals surface area contributed by atoms with E-state index in [-0.39, 0.29) is 69.7 Å². The van der Waals surface area contributed by atoms with E-state index in [1.54, 1.807) is 14.7 Å². The largest absolute Gasteiger partial charge is 0.481 e. The van der Waals surface area contributed by atoms with Crippen molar-refractivity contribution in [2.45, 2.75) is 82.3 Å². The number of nitrogens with two attached hydrogens (primary N) is 1. The molecule has 2 aromatic rings. The monoisotopic (exact) mass is 1040 g/mol. The second-order valence-electron chi connectivity index (χ2n) is 18.9. The molecule has 74 heavy (non-hydrogen) atoms. The highest BCUT2D eigenvalue weighted by molar-refractivity contribution is 5.90. The average molecular weight is 1040 g/mol. The number of nitrogens with one attached hydrogen (secondary N) is 5. The number of amides is 6. The first-order chi connectivity index (χ1) is 35.2. The van der Waals surface area contributed by atoms with Gasteiger partial charge in [-0.2, -0.15) is 0 Å². The van der Waals surface area contributed by atoms with Gasteiger partial charge in [-0.3, -0.25) is 53.2 Å². The molecule has 0 unspecified atom stereocenters. The molecule has 3 atom stereocenters. The molecule has 1 aliphatic heterocycles. The van der Waals surface area contributed by atoms with Crippen LogP contribution in [0, 0.1) is 11.8 Å². The number of carboxylic acid groups (broad SMARTS) is 5. The molecule has 12 N–H and O–H groups in total. The number of nitrogens with zero attached hydrogens (tertiary/aromatic N) is 4. The standard InChI is InChI=1S/C49H72N10O15/c50-40(60)28-56-17-21-58(30-43(64)65)23-19-57(20-24-59(22-18-56)31-44(66)67)29-41(61)52-27-32-8-12-35(13-9-32)45(68)53-39(26-33-10-11-34-5-1-2-6-36(34)25-33)46(69)51-16-4-3-7-37(47(70)71)54-49(74)55-38(48(72)73)14-15-42(62)63/h1-2,5-6,10-11,25,32,35,37-39H,3-4,7-9,12-24,26-31H2,(H2,50,60)(H,51,69)(H,52,61)(H,53,68)(H,62,63)(H,64,65)(H,66,67)(H,70,71)(H,72,73)(H2,54,55,74)/t32?,35?,37-,38-,39-/m0/s1. The second-order valence-corrected chi connectivity index (χ2v) is 18.9. The van der Waals surface area contributed by atoms with Crippen molar-refractivity contribution in [2.24, 2.45) is 17.6 Å². The van der Waals surface area contributed by atoms with Gasteiger partial charge in [-0.15, -0.1) is 0 Å². The first kappa shape index (κ1) is 59.6. The zero-order chi connectivity index (χ0) is 54.2. The Bertz CT molecular complexity index is 2230. The number of carboxylic acids is 5. The number of unbranched alkanes of at least 4 members (excludes halogenated alkanes) is 1. The Labute approximate surface area is 428 Å². The smallest absolute Gasteiger partial charge is 0.326 e. The summed E-state index contributed by atoms with van der Waals surface area (Å²) in [5.74, 6) is -8.07. The van der Waals surface area contributed by atoms with Crippen LogP contribution in [-0.4, -0.2) is 214 Å². The normalized spacial score (nSPS) is 18.8. The van der Waals surface area contributed by atoms with Crippen molar-refractivity contribution in [3.63, 3.8) is 0 Å². The molecule has 0 bridgehead atoms. The molecule has 2 fully saturated rings. The van der Waals surface area contributed by atoms with Crippen LogP contribution in [-0.2, 0) is 49.6 Å². The topological polar surface area (TPSA) is 371 Å². The van der Waals surface area contributed by atoms with Crippen molar-refractivity contribution in [2.75, 3.05) is 91.6 Å². The van der Waals surface area contributed by atoms with E-state index in [9.17, 15) is 68.4 Å². The third-order valence-electron chi connectivity index (χ3n) is 13.2. The van der Waals surface area contributed by atoms with Gasteiger partial charge in [-0.1, -0.05) is 42.5 Å². The van der Waals surface area contributed by atoms with E-state index in [4.69, 9.17) is 10.8 Å². The fourth-order valence-corrected chi connectivity index (χ4v) is 9.01. The Morgan fingerprint density at radius 2 is 1.09 bits per heavy atom. The van der Waals surface area contributed by atoms with E-state index >= 15 is 0 Å². The van der Waals surface area contributed by atoms with Crippen molar-refractivity contribution in [1.29, 1.82) is 0 Å². The van der Waals surface area contributed by atoms with Gasteiger partial charge in [0.25, 0.3) is 0 Å².